The summed E-state index contributed by atoms with van der Waals surface area (Å²) < 4.78 is 21.9. The quantitative estimate of drug-likeness (QED) is 0.567. The summed E-state index contributed by atoms with van der Waals surface area (Å²) in [7, 11) is 6.39. The van der Waals surface area contributed by atoms with Crippen molar-refractivity contribution >= 4 is 11.6 Å². The van der Waals surface area contributed by atoms with Crippen LogP contribution in [0.1, 0.15) is 18.1 Å². The smallest absolute Gasteiger partial charge is 0.207 e. The van der Waals surface area contributed by atoms with E-state index in [4.69, 9.17) is 30.5 Å². The van der Waals surface area contributed by atoms with Crippen molar-refractivity contribution < 1.29 is 18.9 Å². The van der Waals surface area contributed by atoms with Gasteiger partial charge in [0.05, 0.1) is 28.4 Å². The summed E-state index contributed by atoms with van der Waals surface area (Å²) in [6.45, 7) is 3.97. The Bertz CT molecular complexity index is 524. The number of ether oxygens (including phenoxy) is 4. The zero-order valence-electron chi connectivity index (χ0n) is 13.5. The molecule has 0 radical (unpaired) electrons. The van der Waals surface area contributed by atoms with Crippen LogP contribution >= 0.6 is 11.6 Å². The Morgan fingerprint density at radius 1 is 0.905 bits per heavy atom. The van der Waals surface area contributed by atoms with E-state index in [0.29, 0.717) is 35.3 Å². The molecule has 0 bridgehead atoms. The van der Waals surface area contributed by atoms with Crippen molar-refractivity contribution in [3.63, 3.8) is 0 Å². The van der Waals surface area contributed by atoms with E-state index in [1.54, 1.807) is 28.4 Å². The fourth-order valence-corrected chi connectivity index (χ4v) is 2.34. The van der Waals surface area contributed by atoms with Gasteiger partial charge in [0.25, 0.3) is 0 Å². The number of methoxy groups -OCH3 is 4. The van der Waals surface area contributed by atoms with E-state index < -0.39 is 0 Å². The fourth-order valence-electron chi connectivity index (χ4n) is 2.23. The summed E-state index contributed by atoms with van der Waals surface area (Å²) in [5.74, 6) is 2.89. The highest BCUT2D eigenvalue weighted by atomic mass is 35.5. The Labute approximate surface area is 131 Å². The van der Waals surface area contributed by atoms with Gasteiger partial charge in [0, 0.05) is 17.0 Å². The Morgan fingerprint density at radius 2 is 1.38 bits per heavy atom. The SMILES string of the molecule is COc1c(C)c(C/C=C(\C)CCl)c(OC)c(OC)c1OC. The van der Waals surface area contributed by atoms with Gasteiger partial charge < -0.3 is 18.9 Å². The number of allylic oxidation sites excluding steroid dienone is 2. The Morgan fingerprint density at radius 3 is 1.81 bits per heavy atom. The van der Waals surface area contributed by atoms with E-state index in [-0.39, 0.29) is 0 Å². The molecular formula is C16H23ClO4. The molecule has 5 heteroatoms. The molecule has 118 valence electrons. The van der Waals surface area contributed by atoms with Crippen LogP contribution in [-0.2, 0) is 6.42 Å². The second-order valence-electron chi connectivity index (χ2n) is 4.62. The molecular weight excluding hydrogens is 292 g/mol. The standard InChI is InChI=1S/C16H23ClO4/c1-10(9-17)7-8-12-11(2)13(18-3)15(20-5)16(21-6)14(12)19-4/h7H,8-9H2,1-6H3/b10-7+. The third kappa shape index (κ3) is 3.56. The van der Waals surface area contributed by atoms with Gasteiger partial charge in [-0.05, 0) is 20.3 Å². The molecule has 0 fully saturated rings. The molecule has 4 nitrogen and oxygen atoms in total. The number of hydrogen-bond acceptors (Lipinski definition) is 4. The van der Waals surface area contributed by atoms with E-state index in [1.165, 1.54) is 0 Å². The molecule has 0 aromatic heterocycles. The summed E-state index contributed by atoms with van der Waals surface area (Å²) in [6, 6.07) is 0. The number of hydrogen-bond donors (Lipinski definition) is 0. The van der Waals surface area contributed by atoms with Gasteiger partial charge in [0.15, 0.2) is 11.5 Å². The lowest BCUT2D eigenvalue weighted by Gasteiger charge is -2.21. The second-order valence-corrected chi connectivity index (χ2v) is 4.89. The molecule has 0 heterocycles. The number of benzene rings is 1. The van der Waals surface area contributed by atoms with Crippen molar-refractivity contribution in [2.45, 2.75) is 20.3 Å². The maximum absolute atomic E-state index is 5.83. The van der Waals surface area contributed by atoms with E-state index in [1.807, 2.05) is 13.8 Å². The summed E-state index contributed by atoms with van der Waals surface area (Å²) in [6.07, 6.45) is 2.76. The molecule has 0 aliphatic carbocycles. The zero-order valence-corrected chi connectivity index (χ0v) is 14.3. The molecule has 0 spiro atoms. The minimum Gasteiger partial charge on any atom is -0.492 e. The number of halogens is 1. The Hall–Kier alpha value is -1.55. The largest absolute Gasteiger partial charge is 0.492 e. The molecule has 0 aliphatic heterocycles. The lowest BCUT2D eigenvalue weighted by Crippen LogP contribution is -2.04. The molecule has 0 saturated carbocycles. The minimum absolute atomic E-state index is 0.506. The predicted octanol–water partition coefficient (Wildman–Crippen LogP) is 3.76. The maximum atomic E-state index is 5.83. The van der Waals surface area contributed by atoms with Crippen LogP contribution in [0.2, 0.25) is 0 Å². The first kappa shape index (κ1) is 17.5. The van der Waals surface area contributed by atoms with Crippen molar-refractivity contribution in [2.75, 3.05) is 34.3 Å². The van der Waals surface area contributed by atoms with Crippen LogP contribution in [0, 0.1) is 6.92 Å². The summed E-state index contributed by atoms with van der Waals surface area (Å²) in [5, 5.41) is 0. The fraction of sp³-hybridized carbons (Fsp3) is 0.500. The van der Waals surface area contributed by atoms with Crippen molar-refractivity contribution in [3.8, 4) is 23.0 Å². The van der Waals surface area contributed by atoms with Gasteiger partial charge in [-0.2, -0.15) is 0 Å². The van der Waals surface area contributed by atoms with Crippen LogP contribution in [0.5, 0.6) is 23.0 Å². The summed E-state index contributed by atoms with van der Waals surface area (Å²) in [4.78, 5) is 0. The van der Waals surface area contributed by atoms with Crippen molar-refractivity contribution in [3.05, 3.63) is 22.8 Å². The van der Waals surface area contributed by atoms with Gasteiger partial charge in [0.1, 0.15) is 0 Å². The summed E-state index contributed by atoms with van der Waals surface area (Å²) in [5.41, 5.74) is 3.06. The zero-order chi connectivity index (χ0) is 16.0. The maximum Gasteiger partial charge on any atom is 0.207 e. The van der Waals surface area contributed by atoms with Gasteiger partial charge in [-0.15, -0.1) is 11.6 Å². The van der Waals surface area contributed by atoms with Gasteiger partial charge in [-0.25, -0.2) is 0 Å². The molecule has 1 aromatic carbocycles. The second kappa shape index (κ2) is 8.03. The first-order valence-electron chi connectivity index (χ1n) is 6.62. The molecule has 21 heavy (non-hydrogen) atoms. The van der Waals surface area contributed by atoms with Gasteiger partial charge in [-0.1, -0.05) is 11.6 Å². The monoisotopic (exact) mass is 314 g/mol. The lowest BCUT2D eigenvalue weighted by atomic mass is 10.0. The molecule has 0 N–H and O–H groups in total. The topological polar surface area (TPSA) is 36.9 Å². The number of rotatable bonds is 7. The van der Waals surface area contributed by atoms with Gasteiger partial charge >= 0.3 is 0 Å². The summed E-state index contributed by atoms with van der Waals surface area (Å²) >= 11 is 5.83. The Kier molecular flexibility index (Phi) is 6.69. The average Bonchev–Trinajstić information content (AvgIpc) is 2.51. The highest BCUT2D eigenvalue weighted by molar-refractivity contribution is 6.19. The molecule has 0 aliphatic rings. The molecule has 0 atom stereocenters. The highest BCUT2D eigenvalue weighted by Crippen LogP contribution is 2.49. The average molecular weight is 315 g/mol. The molecule has 1 aromatic rings. The number of alkyl halides is 1. The lowest BCUT2D eigenvalue weighted by molar-refractivity contribution is 0.302. The van der Waals surface area contributed by atoms with Crippen LogP contribution in [0.15, 0.2) is 11.6 Å². The van der Waals surface area contributed by atoms with Crippen LogP contribution in [-0.4, -0.2) is 34.3 Å². The van der Waals surface area contributed by atoms with Crippen LogP contribution in [0.4, 0.5) is 0 Å². The van der Waals surface area contributed by atoms with Crippen LogP contribution < -0.4 is 18.9 Å². The molecule has 0 amide bonds. The van der Waals surface area contributed by atoms with E-state index in [0.717, 1.165) is 16.7 Å². The van der Waals surface area contributed by atoms with Gasteiger partial charge in [0.2, 0.25) is 11.5 Å². The first-order valence-corrected chi connectivity index (χ1v) is 7.16. The molecule has 1 rings (SSSR count). The van der Waals surface area contributed by atoms with Crippen LogP contribution in [0.3, 0.4) is 0 Å². The van der Waals surface area contributed by atoms with Crippen molar-refractivity contribution in [1.29, 1.82) is 0 Å². The highest BCUT2D eigenvalue weighted by Gasteiger charge is 2.24. The molecule has 0 saturated heterocycles. The van der Waals surface area contributed by atoms with Gasteiger partial charge in [-0.3, -0.25) is 0 Å². The minimum atomic E-state index is 0.506. The third-order valence-electron chi connectivity index (χ3n) is 3.37. The normalized spacial score (nSPS) is 11.3. The van der Waals surface area contributed by atoms with E-state index in [9.17, 15) is 0 Å². The van der Waals surface area contributed by atoms with Crippen LogP contribution in [0.25, 0.3) is 0 Å². The molecule has 0 unspecified atom stereocenters. The van der Waals surface area contributed by atoms with Crippen molar-refractivity contribution in [1.82, 2.24) is 0 Å². The predicted molar refractivity (Wildman–Crippen MR) is 85.6 cm³/mol. The van der Waals surface area contributed by atoms with E-state index >= 15 is 0 Å². The first-order chi connectivity index (χ1) is 10.0. The Balaban J connectivity index is 3.54. The third-order valence-corrected chi connectivity index (χ3v) is 3.79. The van der Waals surface area contributed by atoms with Crippen molar-refractivity contribution in [2.24, 2.45) is 0 Å². The van der Waals surface area contributed by atoms with E-state index in [2.05, 4.69) is 6.08 Å².